The highest BCUT2D eigenvalue weighted by molar-refractivity contribution is 5.75. The van der Waals surface area contributed by atoms with Crippen LogP contribution < -0.4 is 0 Å². The molecule has 0 amide bonds. The molecule has 0 bridgehead atoms. The lowest BCUT2D eigenvalue weighted by atomic mass is 10.2. The van der Waals surface area contributed by atoms with Crippen molar-refractivity contribution in [3.05, 3.63) is 17.2 Å². The molecule has 0 spiro atoms. The average Bonchev–Trinajstić information content (AvgIpc) is 2.62. The summed E-state index contributed by atoms with van der Waals surface area (Å²) < 4.78 is 2.41. The molecule has 1 aromatic heterocycles. The summed E-state index contributed by atoms with van der Waals surface area (Å²) >= 11 is 0. The van der Waals surface area contributed by atoms with Crippen molar-refractivity contribution >= 4 is 8.41 Å². The molecule has 0 aliphatic rings. The molecule has 0 aliphatic carbocycles. The van der Waals surface area contributed by atoms with E-state index in [4.69, 9.17) is 4.98 Å². The number of aromatic nitrogens is 2. The van der Waals surface area contributed by atoms with E-state index in [1.54, 1.807) is 0 Å². The van der Waals surface area contributed by atoms with Gasteiger partial charge in [-0.15, -0.1) is 0 Å². The third-order valence-electron chi connectivity index (χ3n) is 2.97. The average molecular weight is 219 g/mol. The molecule has 0 fully saturated rings. The molecule has 16 heavy (non-hydrogen) atoms. The Bertz CT molecular complexity index is 305. The van der Waals surface area contributed by atoms with Crippen molar-refractivity contribution in [1.82, 2.24) is 9.55 Å². The normalized spacial score (nSPS) is 10.2. The van der Waals surface area contributed by atoms with Crippen LogP contribution >= 0.6 is 0 Å². The monoisotopic (exact) mass is 219 g/mol. The first-order valence-electron chi connectivity index (χ1n) is 6.35. The zero-order valence-electron chi connectivity index (χ0n) is 11.2. The lowest BCUT2D eigenvalue weighted by Gasteiger charge is -2.08. The summed E-state index contributed by atoms with van der Waals surface area (Å²) in [6.07, 6.45) is 5.81. The van der Waals surface area contributed by atoms with Crippen LogP contribution in [0.5, 0.6) is 0 Å². The van der Waals surface area contributed by atoms with Gasteiger partial charge in [-0.1, -0.05) is 27.2 Å². The van der Waals surface area contributed by atoms with Crippen molar-refractivity contribution in [2.24, 2.45) is 0 Å². The van der Waals surface area contributed by atoms with Crippen molar-refractivity contribution in [1.29, 1.82) is 0 Å². The number of rotatable bonds is 6. The highest BCUT2D eigenvalue weighted by Crippen LogP contribution is 2.15. The lowest BCUT2D eigenvalue weighted by Crippen LogP contribution is -2.05. The highest BCUT2D eigenvalue weighted by Gasteiger charge is 2.12. The second-order valence-electron chi connectivity index (χ2n) is 3.98. The molecule has 0 saturated carbocycles. The van der Waals surface area contributed by atoms with E-state index >= 15 is 0 Å². The van der Waals surface area contributed by atoms with E-state index in [-0.39, 0.29) is 8.41 Å². The highest BCUT2D eigenvalue weighted by atomic mass is 15.1. The molecular weight excluding hydrogens is 195 g/mol. The third kappa shape index (κ3) is 3.13. The van der Waals surface area contributed by atoms with Gasteiger partial charge in [0.15, 0.2) is 0 Å². The van der Waals surface area contributed by atoms with E-state index in [2.05, 4.69) is 32.3 Å². The second kappa shape index (κ2) is 7.53. The van der Waals surface area contributed by atoms with Crippen LogP contribution in [0, 0.1) is 0 Å². The molecular formula is C13H24BN2. The zero-order chi connectivity index (χ0) is 11.3. The molecule has 1 aromatic rings. The van der Waals surface area contributed by atoms with E-state index in [1.807, 2.05) is 0 Å². The standard InChI is InChI=1S/C13H24N2.B/c1-5-9-10-13-14-11(6-2)12(7-3)15(13)8-4;/h5-10H2,1-4H3;. The first-order valence-corrected chi connectivity index (χ1v) is 6.35. The van der Waals surface area contributed by atoms with Gasteiger partial charge in [-0.05, 0) is 26.2 Å². The predicted molar refractivity (Wildman–Crippen MR) is 71.0 cm³/mol. The van der Waals surface area contributed by atoms with Crippen LogP contribution in [0.4, 0.5) is 0 Å². The Morgan fingerprint density at radius 3 is 2.19 bits per heavy atom. The van der Waals surface area contributed by atoms with Gasteiger partial charge in [0.2, 0.25) is 0 Å². The smallest absolute Gasteiger partial charge is 0.109 e. The van der Waals surface area contributed by atoms with Gasteiger partial charge in [-0.25, -0.2) is 4.98 Å². The lowest BCUT2D eigenvalue weighted by molar-refractivity contribution is 0.641. The fourth-order valence-corrected chi connectivity index (χ4v) is 2.17. The molecule has 1 rings (SSSR count). The Hall–Kier alpha value is -0.725. The van der Waals surface area contributed by atoms with E-state index in [1.165, 1.54) is 30.1 Å². The second-order valence-corrected chi connectivity index (χ2v) is 3.98. The van der Waals surface area contributed by atoms with Crippen LogP contribution in [0.25, 0.3) is 0 Å². The molecule has 0 N–H and O–H groups in total. The maximum Gasteiger partial charge on any atom is 0.109 e. The Balaban J connectivity index is 0.00000225. The first kappa shape index (κ1) is 15.3. The number of aryl methyl sites for hydroxylation is 2. The molecule has 0 aliphatic heterocycles. The van der Waals surface area contributed by atoms with Crippen LogP contribution in [0.3, 0.4) is 0 Å². The van der Waals surface area contributed by atoms with Gasteiger partial charge in [0, 0.05) is 27.1 Å². The summed E-state index contributed by atoms with van der Waals surface area (Å²) in [7, 11) is 0. The summed E-state index contributed by atoms with van der Waals surface area (Å²) in [4.78, 5) is 4.77. The minimum atomic E-state index is 0. The van der Waals surface area contributed by atoms with Crippen LogP contribution in [0.2, 0.25) is 0 Å². The number of imidazole rings is 1. The molecule has 0 saturated heterocycles. The molecule has 0 unspecified atom stereocenters. The number of hydrogen-bond donors (Lipinski definition) is 0. The Morgan fingerprint density at radius 1 is 1.06 bits per heavy atom. The minimum Gasteiger partial charge on any atom is -0.332 e. The van der Waals surface area contributed by atoms with Gasteiger partial charge in [0.25, 0.3) is 0 Å². The Labute approximate surface area is 102 Å². The quantitative estimate of drug-likeness (QED) is 0.672. The van der Waals surface area contributed by atoms with Crippen LogP contribution in [0.1, 0.15) is 57.7 Å². The van der Waals surface area contributed by atoms with Gasteiger partial charge >= 0.3 is 0 Å². The maximum atomic E-state index is 4.77. The van der Waals surface area contributed by atoms with Crippen molar-refractivity contribution in [2.75, 3.05) is 0 Å². The number of hydrogen-bond acceptors (Lipinski definition) is 1. The van der Waals surface area contributed by atoms with Crippen LogP contribution in [-0.4, -0.2) is 18.0 Å². The molecule has 3 heteroatoms. The predicted octanol–water partition coefficient (Wildman–Crippen LogP) is 2.99. The fourth-order valence-electron chi connectivity index (χ4n) is 2.17. The summed E-state index contributed by atoms with van der Waals surface area (Å²) in [5.74, 6) is 1.30. The minimum absolute atomic E-state index is 0. The number of unbranched alkanes of at least 4 members (excludes halogenated alkanes) is 1. The summed E-state index contributed by atoms with van der Waals surface area (Å²) in [5.41, 5.74) is 2.76. The SMILES string of the molecule is CCCCc1nc(CC)c(CC)n1CC.[B]. The number of nitrogens with zero attached hydrogens (tertiary/aromatic N) is 2. The Morgan fingerprint density at radius 2 is 1.75 bits per heavy atom. The molecule has 2 nitrogen and oxygen atoms in total. The van der Waals surface area contributed by atoms with Crippen molar-refractivity contribution in [3.8, 4) is 0 Å². The summed E-state index contributed by atoms with van der Waals surface area (Å²) in [6, 6.07) is 0. The topological polar surface area (TPSA) is 17.8 Å². The molecule has 0 atom stereocenters. The largest absolute Gasteiger partial charge is 0.332 e. The van der Waals surface area contributed by atoms with Crippen molar-refractivity contribution in [2.45, 2.75) is 66.3 Å². The van der Waals surface area contributed by atoms with Gasteiger partial charge in [-0.3, -0.25) is 0 Å². The van der Waals surface area contributed by atoms with E-state index in [0.29, 0.717) is 0 Å². The maximum absolute atomic E-state index is 4.77. The van der Waals surface area contributed by atoms with Gasteiger partial charge in [-0.2, -0.15) is 0 Å². The molecule has 3 radical (unpaired) electrons. The van der Waals surface area contributed by atoms with Crippen molar-refractivity contribution < 1.29 is 0 Å². The van der Waals surface area contributed by atoms with E-state index in [9.17, 15) is 0 Å². The summed E-state index contributed by atoms with van der Waals surface area (Å²) in [6.45, 7) is 9.95. The molecule has 1 heterocycles. The van der Waals surface area contributed by atoms with E-state index in [0.717, 1.165) is 25.8 Å². The van der Waals surface area contributed by atoms with E-state index < -0.39 is 0 Å². The van der Waals surface area contributed by atoms with Crippen molar-refractivity contribution in [3.63, 3.8) is 0 Å². The first-order chi connectivity index (χ1) is 7.28. The zero-order valence-corrected chi connectivity index (χ0v) is 11.2. The fraction of sp³-hybridized carbons (Fsp3) is 0.769. The van der Waals surface area contributed by atoms with Crippen LogP contribution in [0.15, 0.2) is 0 Å². The molecule has 0 aromatic carbocycles. The van der Waals surface area contributed by atoms with Gasteiger partial charge in [0.05, 0.1) is 5.69 Å². The Kier molecular flexibility index (Phi) is 7.19. The molecule has 89 valence electrons. The summed E-state index contributed by atoms with van der Waals surface area (Å²) in [5, 5.41) is 0. The van der Waals surface area contributed by atoms with Gasteiger partial charge in [0.1, 0.15) is 5.82 Å². The van der Waals surface area contributed by atoms with Crippen LogP contribution in [-0.2, 0) is 25.8 Å². The third-order valence-corrected chi connectivity index (χ3v) is 2.97. The van der Waals surface area contributed by atoms with Gasteiger partial charge < -0.3 is 4.57 Å².